The van der Waals surface area contributed by atoms with Crippen LogP contribution in [-0.2, 0) is 4.79 Å². The van der Waals surface area contributed by atoms with Gasteiger partial charge in [0.1, 0.15) is 0 Å². The molecule has 1 aromatic carbocycles. The second-order valence-corrected chi connectivity index (χ2v) is 9.54. The summed E-state index contributed by atoms with van der Waals surface area (Å²) in [6, 6.07) is 7.44. The van der Waals surface area contributed by atoms with Crippen molar-refractivity contribution in [3.8, 4) is 0 Å². The molecule has 0 aliphatic carbocycles. The maximum absolute atomic E-state index is 12.9. The van der Waals surface area contributed by atoms with Crippen molar-refractivity contribution in [2.75, 3.05) is 51.1 Å². The third-order valence-corrected chi connectivity index (χ3v) is 7.28. The van der Waals surface area contributed by atoms with Crippen molar-refractivity contribution in [1.29, 1.82) is 0 Å². The fraction of sp³-hybridized carbons (Fsp3) is 0.522. The van der Waals surface area contributed by atoms with Gasteiger partial charge in [-0.1, -0.05) is 36.0 Å². The topological polar surface area (TPSA) is 98.7 Å². The highest BCUT2D eigenvalue weighted by atomic mass is 32.1. The Morgan fingerprint density at radius 2 is 1.58 bits per heavy atom. The van der Waals surface area contributed by atoms with E-state index in [0.29, 0.717) is 31.6 Å². The van der Waals surface area contributed by atoms with Crippen LogP contribution in [-0.4, -0.2) is 88.4 Å². The van der Waals surface area contributed by atoms with Gasteiger partial charge in [0.15, 0.2) is 0 Å². The number of hydrogen-bond acceptors (Lipinski definition) is 7. The van der Waals surface area contributed by atoms with Crippen molar-refractivity contribution in [3.63, 3.8) is 0 Å². The molecule has 10 heteroatoms. The number of likely N-dealkylation sites (N-methyl/N-ethyl adjacent to an activating group) is 1. The molecular formula is C23H30N6O3S. The third-order valence-electron chi connectivity index (χ3n) is 6.37. The molecule has 3 amide bonds. The Labute approximate surface area is 197 Å². The molecule has 1 aromatic heterocycles. The number of nitrogens with one attached hydrogen (secondary N) is 1. The van der Waals surface area contributed by atoms with Crippen LogP contribution in [0.1, 0.15) is 44.9 Å². The monoisotopic (exact) mass is 470 g/mol. The summed E-state index contributed by atoms with van der Waals surface area (Å²) >= 11 is 0.992. The van der Waals surface area contributed by atoms with E-state index in [4.69, 9.17) is 0 Å². The molecule has 2 fully saturated rings. The Bertz CT molecular complexity index is 992. The first kappa shape index (κ1) is 23.3. The smallest absolute Gasteiger partial charge is 0.286 e. The maximum atomic E-state index is 12.9. The zero-order valence-electron chi connectivity index (χ0n) is 19.1. The molecular weight excluding hydrogens is 440 g/mol. The number of benzene rings is 1. The van der Waals surface area contributed by atoms with Gasteiger partial charge in [0.25, 0.3) is 11.8 Å². The SMILES string of the molecule is CCN1CCN(C(=O)C2CCN(C(=O)c3nnc(C(=O)Nc4ccc(C)cc4)s3)CC2)CC1. The summed E-state index contributed by atoms with van der Waals surface area (Å²) in [5, 5.41) is 11.0. The first-order valence-electron chi connectivity index (χ1n) is 11.5. The fourth-order valence-electron chi connectivity index (χ4n) is 4.23. The van der Waals surface area contributed by atoms with Crippen molar-refractivity contribution < 1.29 is 14.4 Å². The number of amides is 3. The Morgan fingerprint density at radius 3 is 2.21 bits per heavy atom. The van der Waals surface area contributed by atoms with Crippen LogP contribution in [0.5, 0.6) is 0 Å². The lowest BCUT2D eigenvalue weighted by molar-refractivity contribution is -0.138. The summed E-state index contributed by atoms with van der Waals surface area (Å²) in [5.41, 5.74) is 1.76. The van der Waals surface area contributed by atoms with Crippen LogP contribution >= 0.6 is 11.3 Å². The second-order valence-electron chi connectivity index (χ2n) is 8.56. The number of carbonyl (C=O) groups excluding carboxylic acids is 3. The van der Waals surface area contributed by atoms with Crippen LogP contribution in [0.4, 0.5) is 5.69 Å². The van der Waals surface area contributed by atoms with E-state index in [1.54, 1.807) is 4.90 Å². The summed E-state index contributed by atoms with van der Waals surface area (Å²) in [7, 11) is 0. The van der Waals surface area contributed by atoms with E-state index in [-0.39, 0.29) is 33.7 Å². The zero-order valence-corrected chi connectivity index (χ0v) is 19.9. The van der Waals surface area contributed by atoms with E-state index >= 15 is 0 Å². The highest BCUT2D eigenvalue weighted by Gasteiger charge is 2.32. The van der Waals surface area contributed by atoms with Gasteiger partial charge in [0, 0.05) is 50.9 Å². The molecule has 176 valence electrons. The largest absolute Gasteiger partial charge is 0.340 e. The maximum Gasteiger partial charge on any atom is 0.286 e. The Hall–Kier alpha value is -2.85. The number of aryl methyl sites for hydroxylation is 1. The van der Waals surface area contributed by atoms with Crippen molar-refractivity contribution >= 4 is 34.7 Å². The third kappa shape index (κ3) is 5.56. The van der Waals surface area contributed by atoms with E-state index < -0.39 is 0 Å². The molecule has 4 rings (SSSR count). The van der Waals surface area contributed by atoms with Gasteiger partial charge in [0.05, 0.1) is 0 Å². The average Bonchev–Trinajstić information content (AvgIpc) is 3.35. The number of aromatic nitrogens is 2. The van der Waals surface area contributed by atoms with Gasteiger partial charge in [-0.25, -0.2) is 0 Å². The van der Waals surface area contributed by atoms with E-state index in [2.05, 4.69) is 27.3 Å². The normalized spacial score (nSPS) is 17.8. The molecule has 0 atom stereocenters. The zero-order chi connectivity index (χ0) is 23.4. The van der Waals surface area contributed by atoms with E-state index in [1.807, 2.05) is 36.1 Å². The number of rotatable bonds is 5. The highest BCUT2D eigenvalue weighted by Crippen LogP contribution is 2.23. The van der Waals surface area contributed by atoms with Gasteiger partial charge in [-0.2, -0.15) is 0 Å². The summed E-state index contributed by atoms with van der Waals surface area (Å²) in [6.45, 7) is 9.57. The quantitative estimate of drug-likeness (QED) is 0.719. The molecule has 1 N–H and O–H groups in total. The van der Waals surface area contributed by atoms with Gasteiger partial charge < -0.3 is 20.0 Å². The molecule has 0 saturated carbocycles. The molecule has 2 aliphatic rings. The van der Waals surface area contributed by atoms with Crippen molar-refractivity contribution in [3.05, 3.63) is 39.8 Å². The van der Waals surface area contributed by atoms with Gasteiger partial charge in [-0.3, -0.25) is 14.4 Å². The fourth-order valence-corrected chi connectivity index (χ4v) is 4.94. The second kappa shape index (κ2) is 10.4. The predicted octanol–water partition coefficient (Wildman–Crippen LogP) is 2.12. The standard InChI is InChI=1S/C23H30N6O3S/c1-3-27-12-14-29(15-13-27)22(31)17-8-10-28(11-9-17)23(32)21-26-25-20(33-21)19(30)24-18-6-4-16(2)5-7-18/h4-7,17H,3,8-15H2,1-2H3,(H,24,30). The molecule has 0 radical (unpaired) electrons. The summed E-state index contributed by atoms with van der Waals surface area (Å²) in [5.74, 6) is -0.441. The van der Waals surface area contributed by atoms with Crippen molar-refractivity contribution in [2.45, 2.75) is 26.7 Å². The van der Waals surface area contributed by atoms with Crippen LogP contribution in [0.15, 0.2) is 24.3 Å². The molecule has 9 nitrogen and oxygen atoms in total. The van der Waals surface area contributed by atoms with Crippen LogP contribution in [0.2, 0.25) is 0 Å². The lowest BCUT2D eigenvalue weighted by atomic mass is 9.95. The lowest BCUT2D eigenvalue weighted by Gasteiger charge is -2.38. The van der Waals surface area contributed by atoms with Gasteiger partial charge >= 0.3 is 0 Å². The molecule has 2 aliphatic heterocycles. The van der Waals surface area contributed by atoms with Crippen LogP contribution in [0, 0.1) is 12.8 Å². The van der Waals surface area contributed by atoms with E-state index in [1.165, 1.54) is 0 Å². The molecule has 0 unspecified atom stereocenters. The number of carbonyl (C=O) groups is 3. The number of piperazine rings is 1. The molecule has 2 saturated heterocycles. The van der Waals surface area contributed by atoms with Gasteiger partial charge in [-0.15, -0.1) is 10.2 Å². The van der Waals surface area contributed by atoms with Crippen LogP contribution in [0.3, 0.4) is 0 Å². The van der Waals surface area contributed by atoms with Gasteiger partial charge in [0.2, 0.25) is 15.9 Å². The van der Waals surface area contributed by atoms with Crippen LogP contribution < -0.4 is 5.32 Å². The number of nitrogens with zero attached hydrogens (tertiary/aromatic N) is 5. The minimum Gasteiger partial charge on any atom is -0.340 e. The molecule has 0 spiro atoms. The number of piperidine rings is 1. The first-order chi connectivity index (χ1) is 15.9. The summed E-state index contributed by atoms with van der Waals surface area (Å²) < 4.78 is 0. The molecule has 33 heavy (non-hydrogen) atoms. The predicted molar refractivity (Wildman–Crippen MR) is 126 cm³/mol. The molecule has 2 aromatic rings. The Balaban J connectivity index is 1.28. The average molecular weight is 471 g/mol. The first-order valence-corrected chi connectivity index (χ1v) is 12.3. The highest BCUT2D eigenvalue weighted by molar-refractivity contribution is 7.15. The number of anilines is 1. The lowest BCUT2D eigenvalue weighted by Crippen LogP contribution is -2.51. The number of hydrogen-bond donors (Lipinski definition) is 1. The van der Waals surface area contributed by atoms with E-state index in [9.17, 15) is 14.4 Å². The molecule has 0 bridgehead atoms. The van der Waals surface area contributed by atoms with Crippen LogP contribution in [0.25, 0.3) is 0 Å². The molecule has 3 heterocycles. The van der Waals surface area contributed by atoms with Gasteiger partial charge in [-0.05, 0) is 38.4 Å². The minimum atomic E-state index is -0.386. The summed E-state index contributed by atoms with van der Waals surface area (Å²) in [4.78, 5) is 44.2. The Kier molecular flexibility index (Phi) is 7.34. The summed E-state index contributed by atoms with van der Waals surface area (Å²) in [6.07, 6.45) is 1.30. The van der Waals surface area contributed by atoms with Crippen molar-refractivity contribution in [2.24, 2.45) is 5.92 Å². The number of likely N-dealkylation sites (tertiary alicyclic amines) is 1. The van der Waals surface area contributed by atoms with E-state index in [0.717, 1.165) is 49.6 Å². The Morgan fingerprint density at radius 1 is 0.939 bits per heavy atom. The minimum absolute atomic E-state index is 0.0347. The van der Waals surface area contributed by atoms with Crippen molar-refractivity contribution in [1.82, 2.24) is 24.9 Å².